The van der Waals surface area contributed by atoms with Crippen molar-refractivity contribution in [2.24, 2.45) is 0 Å². The van der Waals surface area contributed by atoms with Crippen molar-refractivity contribution in [3.63, 3.8) is 0 Å². The summed E-state index contributed by atoms with van der Waals surface area (Å²) in [5.74, 6) is 0. The summed E-state index contributed by atoms with van der Waals surface area (Å²) in [4.78, 5) is 13.2. The maximum absolute atomic E-state index is 13.3. The second kappa shape index (κ2) is 7.96. The van der Waals surface area contributed by atoms with Crippen LogP contribution in [0.1, 0.15) is 5.56 Å². The molecule has 2 rings (SSSR count). The summed E-state index contributed by atoms with van der Waals surface area (Å²) >= 11 is 0. The molecule has 1 aromatic rings. The molecule has 6 heteroatoms. The van der Waals surface area contributed by atoms with Crippen molar-refractivity contribution in [1.82, 2.24) is 10.2 Å². The molecule has 0 bridgehead atoms. The minimum absolute atomic E-state index is 0. The number of carbonyl (C=O) groups is 1. The molecule has 1 atom stereocenters. The fraction of sp³-hybridized carbons (Fsp3) is 0.462. The number of nitrogens with one attached hydrogen (secondary N) is 1. The van der Waals surface area contributed by atoms with Gasteiger partial charge in [-0.1, -0.05) is 30.3 Å². The first-order valence-corrected chi connectivity index (χ1v) is 6.06. The van der Waals surface area contributed by atoms with E-state index in [9.17, 15) is 9.18 Å². The number of benzene rings is 1. The lowest BCUT2D eigenvalue weighted by Gasteiger charge is -2.20. The third kappa shape index (κ3) is 5.04. The fourth-order valence-corrected chi connectivity index (χ4v) is 1.84. The maximum Gasteiger partial charge on any atom is 0.410 e. The zero-order valence-corrected chi connectivity index (χ0v) is 11.4. The van der Waals surface area contributed by atoms with E-state index in [1.165, 1.54) is 4.90 Å². The molecule has 1 aliphatic heterocycles. The van der Waals surface area contributed by atoms with Crippen molar-refractivity contribution >= 4 is 18.5 Å². The Morgan fingerprint density at radius 2 is 2.16 bits per heavy atom. The van der Waals surface area contributed by atoms with Gasteiger partial charge >= 0.3 is 6.09 Å². The van der Waals surface area contributed by atoms with Crippen LogP contribution in [0.5, 0.6) is 0 Å². The standard InChI is InChI=1S/C13H17FN2O2.ClH/c14-12-8-15-6-7-16(9-12)13(17)18-10-11-4-2-1-3-5-11;/h1-5,12,15H,6-10H2;1H. The van der Waals surface area contributed by atoms with Crippen LogP contribution in [-0.2, 0) is 11.3 Å². The van der Waals surface area contributed by atoms with Gasteiger partial charge in [0.2, 0.25) is 0 Å². The molecule has 0 saturated carbocycles. The SMILES string of the molecule is Cl.O=C(OCc1ccccc1)N1CCNCC(F)C1. The fourth-order valence-electron chi connectivity index (χ4n) is 1.84. The second-order valence-electron chi connectivity index (χ2n) is 4.29. The predicted molar refractivity (Wildman–Crippen MR) is 73.2 cm³/mol. The van der Waals surface area contributed by atoms with Gasteiger partial charge in [-0.15, -0.1) is 12.4 Å². The molecule has 1 heterocycles. The third-order valence-corrected chi connectivity index (χ3v) is 2.81. The predicted octanol–water partition coefficient (Wildman–Crippen LogP) is 1.99. The Morgan fingerprint density at radius 3 is 2.89 bits per heavy atom. The van der Waals surface area contributed by atoms with Crippen molar-refractivity contribution < 1.29 is 13.9 Å². The Morgan fingerprint density at radius 1 is 1.42 bits per heavy atom. The maximum atomic E-state index is 13.3. The van der Waals surface area contributed by atoms with E-state index in [4.69, 9.17) is 4.74 Å². The molecule has 1 aromatic carbocycles. The first-order valence-electron chi connectivity index (χ1n) is 6.06. The number of halogens is 2. The molecular formula is C13H18ClFN2O2. The van der Waals surface area contributed by atoms with Crippen LogP contribution in [-0.4, -0.2) is 43.3 Å². The Labute approximate surface area is 118 Å². The van der Waals surface area contributed by atoms with Crippen LogP contribution in [0.2, 0.25) is 0 Å². The van der Waals surface area contributed by atoms with Gasteiger partial charge in [0.25, 0.3) is 0 Å². The Bertz CT molecular complexity index is 391. The van der Waals surface area contributed by atoms with Crippen LogP contribution >= 0.6 is 12.4 Å². The minimum Gasteiger partial charge on any atom is -0.445 e. The number of nitrogens with zero attached hydrogens (tertiary/aromatic N) is 1. The average molecular weight is 289 g/mol. The molecule has 0 aromatic heterocycles. The van der Waals surface area contributed by atoms with Crippen molar-refractivity contribution in [3.05, 3.63) is 35.9 Å². The highest BCUT2D eigenvalue weighted by atomic mass is 35.5. The number of ether oxygens (including phenoxy) is 1. The van der Waals surface area contributed by atoms with Crippen molar-refractivity contribution in [1.29, 1.82) is 0 Å². The van der Waals surface area contributed by atoms with Gasteiger partial charge in [0, 0.05) is 19.6 Å². The summed E-state index contributed by atoms with van der Waals surface area (Å²) in [5, 5.41) is 2.93. The average Bonchev–Trinajstić information content (AvgIpc) is 2.62. The molecule has 106 valence electrons. The smallest absolute Gasteiger partial charge is 0.410 e. The Balaban J connectivity index is 0.00000180. The van der Waals surface area contributed by atoms with Gasteiger partial charge in [0.1, 0.15) is 12.8 Å². The van der Waals surface area contributed by atoms with Crippen molar-refractivity contribution in [2.45, 2.75) is 12.8 Å². The molecule has 0 radical (unpaired) electrons. The zero-order chi connectivity index (χ0) is 12.8. The van der Waals surface area contributed by atoms with Gasteiger partial charge in [0.05, 0.1) is 6.54 Å². The van der Waals surface area contributed by atoms with Crippen LogP contribution in [0, 0.1) is 0 Å². The lowest BCUT2D eigenvalue weighted by atomic mass is 10.2. The molecule has 1 N–H and O–H groups in total. The van der Waals surface area contributed by atoms with Gasteiger partial charge in [-0.3, -0.25) is 0 Å². The number of alkyl halides is 1. The first kappa shape index (κ1) is 15.7. The number of carbonyl (C=O) groups excluding carboxylic acids is 1. The van der Waals surface area contributed by atoms with Gasteiger partial charge in [-0.25, -0.2) is 9.18 Å². The van der Waals surface area contributed by atoms with Crippen LogP contribution in [0.3, 0.4) is 0 Å². The summed E-state index contributed by atoms with van der Waals surface area (Å²) in [6.07, 6.45) is -1.48. The number of hydrogen-bond donors (Lipinski definition) is 1. The van der Waals surface area contributed by atoms with Crippen LogP contribution in [0.15, 0.2) is 30.3 Å². The molecule has 1 unspecified atom stereocenters. The van der Waals surface area contributed by atoms with Gasteiger partial charge < -0.3 is 15.0 Å². The van der Waals surface area contributed by atoms with E-state index in [0.717, 1.165) is 5.56 Å². The molecule has 19 heavy (non-hydrogen) atoms. The van der Waals surface area contributed by atoms with E-state index >= 15 is 0 Å². The molecule has 1 amide bonds. The second-order valence-corrected chi connectivity index (χ2v) is 4.29. The monoisotopic (exact) mass is 288 g/mol. The van der Waals surface area contributed by atoms with Gasteiger partial charge in [0.15, 0.2) is 0 Å². The summed E-state index contributed by atoms with van der Waals surface area (Å²) in [6, 6.07) is 9.44. The van der Waals surface area contributed by atoms with E-state index in [1.807, 2.05) is 30.3 Å². The lowest BCUT2D eigenvalue weighted by molar-refractivity contribution is 0.0911. The minimum atomic E-state index is -1.03. The Kier molecular flexibility index (Phi) is 6.59. The van der Waals surface area contributed by atoms with E-state index in [0.29, 0.717) is 19.6 Å². The normalized spacial score (nSPS) is 19.2. The molecule has 0 spiro atoms. The molecular weight excluding hydrogens is 271 g/mol. The lowest BCUT2D eigenvalue weighted by Crippen LogP contribution is -2.36. The molecule has 1 aliphatic rings. The van der Waals surface area contributed by atoms with Gasteiger partial charge in [-0.05, 0) is 5.56 Å². The third-order valence-electron chi connectivity index (χ3n) is 2.81. The van der Waals surface area contributed by atoms with Crippen LogP contribution < -0.4 is 5.32 Å². The van der Waals surface area contributed by atoms with Crippen molar-refractivity contribution in [2.75, 3.05) is 26.2 Å². The summed E-state index contributed by atoms with van der Waals surface area (Å²) in [6.45, 7) is 1.69. The quantitative estimate of drug-likeness (QED) is 0.905. The molecule has 1 saturated heterocycles. The number of hydrogen-bond acceptors (Lipinski definition) is 3. The number of amides is 1. The molecule has 0 aliphatic carbocycles. The zero-order valence-electron chi connectivity index (χ0n) is 10.5. The summed E-state index contributed by atoms with van der Waals surface area (Å²) < 4.78 is 18.5. The molecule has 1 fully saturated rings. The summed E-state index contributed by atoms with van der Waals surface area (Å²) in [5.41, 5.74) is 0.926. The largest absolute Gasteiger partial charge is 0.445 e. The highest BCUT2D eigenvalue weighted by Gasteiger charge is 2.22. The summed E-state index contributed by atoms with van der Waals surface area (Å²) in [7, 11) is 0. The molecule has 4 nitrogen and oxygen atoms in total. The Hall–Kier alpha value is -1.33. The van der Waals surface area contributed by atoms with E-state index in [1.54, 1.807) is 0 Å². The number of rotatable bonds is 2. The van der Waals surface area contributed by atoms with Crippen LogP contribution in [0.25, 0.3) is 0 Å². The van der Waals surface area contributed by atoms with E-state index < -0.39 is 12.3 Å². The highest BCUT2D eigenvalue weighted by molar-refractivity contribution is 5.85. The van der Waals surface area contributed by atoms with Crippen LogP contribution in [0.4, 0.5) is 9.18 Å². The van der Waals surface area contributed by atoms with E-state index in [-0.39, 0.29) is 25.6 Å². The highest BCUT2D eigenvalue weighted by Crippen LogP contribution is 2.06. The first-order chi connectivity index (χ1) is 8.75. The van der Waals surface area contributed by atoms with E-state index in [2.05, 4.69) is 5.32 Å². The van der Waals surface area contributed by atoms with Crippen molar-refractivity contribution in [3.8, 4) is 0 Å². The topological polar surface area (TPSA) is 41.6 Å². The van der Waals surface area contributed by atoms with Gasteiger partial charge in [-0.2, -0.15) is 0 Å².